The number of carbonyl (C=O) groups excluding carboxylic acids is 2. The lowest BCUT2D eigenvalue weighted by molar-refractivity contribution is -0.144. The van der Waals surface area contributed by atoms with Gasteiger partial charge in [0.05, 0.1) is 39.9 Å². The molecule has 1 unspecified atom stereocenters. The molecule has 0 bridgehead atoms. The molecule has 34 heavy (non-hydrogen) atoms. The van der Waals surface area contributed by atoms with Crippen LogP contribution in [0, 0.1) is 23.1 Å². The maximum atomic E-state index is 15.4. The Morgan fingerprint density at radius 1 is 1.38 bits per heavy atom. The molecule has 1 aromatic carbocycles. The molecular formula is C24H20ClFN4O4. The number of carbonyl (C=O) groups is 2. The van der Waals surface area contributed by atoms with E-state index in [-0.39, 0.29) is 34.3 Å². The highest BCUT2D eigenvalue weighted by Crippen LogP contribution is 2.43. The van der Waals surface area contributed by atoms with Crippen LogP contribution < -0.4 is 15.6 Å². The van der Waals surface area contributed by atoms with Gasteiger partial charge in [0.1, 0.15) is 5.82 Å². The Bertz CT molecular complexity index is 1420. The minimum Gasteiger partial charge on any atom is -0.465 e. The van der Waals surface area contributed by atoms with Crippen molar-refractivity contribution in [3.8, 4) is 6.07 Å². The summed E-state index contributed by atoms with van der Waals surface area (Å²) in [7, 11) is 0. The molecule has 0 spiro atoms. The lowest BCUT2D eigenvalue weighted by Gasteiger charge is -2.22. The predicted molar refractivity (Wildman–Crippen MR) is 123 cm³/mol. The van der Waals surface area contributed by atoms with Gasteiger partial charge in [-0.15, -0.1) is 0 Å². The third-order valence-electron chi connectivity index (χ3n) is 6.22. The van der Waals surface area contributed by atoms with E-state index in [1.165, 1.54) is 6.20 Å². The Balaban J connectivity index is 1.68. The van der Waals surface area contributed by atoms with Gasteiger partial charge < -0.3 is 19.5 Å². The summed E-state index contributed by atoms with van der Waals surface area (Å²) in [6.07, 6.45) is 6.63. The molecule has 8 nitrogen and oxygen atoms in total. The van der Waals surface area contributed by atoms with Gasteiger partial charge in [0.2, 0.25) is 5.92 Å². The van der Waals surface area contributed by atoms with Gasteiger partial charge in [-0.1, -0.05) is 11.6 Å². The minimum atomic E-state index is -1.78. The Morgan fingerprint density at radius 2 is 2.15 bits per heavy atom. The molecule has 1 aliphatic carbocycles. The second-order valence-corrected chi connectivity index (χ2v) is 8.82. The number of ether oxygens (including phenoxy) is 1. The standard InChI is InChI=1S/C24H20ClFN4O4/c1-2-34-24(33)16(6-27)23(32)17-11-30(14-3-4-14)20-15(22(17)31)5-18(26)21(19(20)25)29-9-12-7-28-8-13(12)10-29/h5,7,10-11,14,16,28H,2-4,8-9H2,1H3. The second-order valence-electron chi connectivity index (χ2n) is 8.44. The molecule has 2 aromatic rings. The molecule has 1 saturated carbocycles. The van der Waals surface area contributed by atoms with Gasteiger partial charge in [-0.05, 0) is 37.0 Å². The first-order chi connectivity index (χ1) is 16.3. The van der Waals surface area contributed by atoms with Crippen LogP contribution in [0.1, 0.15) is 36.2 Å². The van der Waals surface area contributed by atoms with Gasteiger partial charge in [-0.2, -0.15) is 5.26 Å². The van der Waals surface area contributed by atoms with Crippen molar-refractivity contribution in [2.75, 3.05) is 24.6 Å². The van der Waals surface area contributed by atoms with E-state index in [9.17, 15) is 19.6 Å². The Hall–Kier alpha value is -3.64. The summed E-state index contributed by atoms with van der Waals surface area (Å²) in [6, 6.07) is 2.67. The van der Waals surface area contributed by atoms with E-state index in [4.69, 9.17) is 16.3 Å². The average Bonchev–Trinajstić information content (AvgIpc) is 3.42. The fraction of sp³-hybridized carbons (Fsp3) is 0.333. The number of nitriles is 1. The Morgan fingerprint density at radius 3 is 2.79 bits per heavy atom. The molecule has 3 aliphatic rings. The summed E-state index contributed by atoms with van der Waals surface area (Å²) in [5.74, 6) is -4.48. The van der Waals surface area contributed by atoms with Gasteiger partial charge in [0.15, 0.2) is 11.2 Å². The van der Waals surface area contributed by atoms with Gasteiger partial charge in [-0.3, -0.25) is 14.4 Å². The average molecular weight is 483 g/mol. The monoisotopic (exact) mass is 482 g/mol. The van der Waals surface area contributed by atoms with E-state index in [1.54, 1.807) is 22.5 Å². The van der Waals surface area contributed by atoms with Crippen molar-refractivity contribution in [1.29, 1.82) is 5.26 Å². The van der Waals surface area contributed by atoms with Crippen molar-refractivity contribution in [2.45, 2.75) is 25.8 Å². The molecular weight excluding hydrogens is 463 g/mol. The first kappa shape index (κ1) is 22.2. The van der Waals surface area contributed by atoms with Crippen LogP contribution in [0.2, 0.25) is 5.02 Å². The van der Waals surface area contributed by atoms with Crippen LogP contribution in [0.3, 0.4) is 0 Å². The summed E-state index contributed by atoms with van der Waals surface area (Å²) in [4.78, 5) is 40.1. The molecule has 0 saturated heterocycles. The third kappa shape index (κ3) is 3.46. The maximum absolute atomic E-state index is 15.4. The number of anilines is 1. The molecule has 0 radical (unpaired) electrons. The Kier molecular flexibility index (Phi) is 5.41. The van der Waals surface area contributed by atoms with Crippen LogP contribution in [0.25, 0.3) is 10.9 Å². The van der Waals surface area contributed by atoms with Gasteiger partial charge >= 0.3 is 5.97 Å². The lowest BCUT2D eigenvalue weighted by Crippen LogP contribution is -2.30. The third-order valence-corrected chi connectivity index (χ3v) is 6.58. The molecule has 3 heterocycles. The van der Waals surface area contributed by atoms with E-state index in [0.29, 0.717) is 18.6 Å². The van der Waals surface area contributed by atoms with Gasteiger partial charge in [0.25, 0.3) is 0 Å². The molecule has 1 atom stereocenters. The lowest BCUT2D eigenvalue weighted by atomic mass is 9.98. The van der Waals surface area contributed by atoms with Gasteiger partial charge in [-0.25, -0.2) is 4.39 Å². The quantitative estimate of drug-likeness (QED) is 0.383. The number of halogens is 2. The fourth-order valence-corrected chi connectivity index (χ4v) is 4.84. The van der Waals surface area contributed by atoms with Crippen LogP contribution in [-0.4, -0.2) is 36.0 Å². The molecule has 0 amide bonds. The van der Waals surface area contributed by atoms with Crippen molar-refractivity contribution < 1.29 is 18.7 Å². The van der Waals surface area contributed by atoms with Crippen molar-refractivity contribution in [3.05, 3.63) is 62.4 Å². The summed E-state index contributed by atoms with van der Waals surface area (Å²) in [5.41, 5.74) is 1.42. The number of fused-ring (bicyclic) bond motifs is 2. The number of rotatable bonds is 6. The summed E-state index contributed by atoms with van der Waals surface area (Å²) in [5, 5.41) is 12.5. The number of nitrogens with zero attached hydrogens (tertiary/aromatic N) is 3. The van der Waals surface area contributed by atoms with Crippen LogP contribution in [0.5, 0.6) is 0 Å². The minimum absolute atomic E-state index is 0.0163. The molecule has 174 valence electrons. The number of Topliss-reactive ketones (excluding diaryl/α,β-unsaturated/α-hetero) is 1. The zero-order chi connectivity index (χ0) is 24.1. The maximum Gasteiger partial charge on any atom is 0.331 e. The number of pyridine rings is 1. The van der Waals surface area contributed by atoms with Crippen molar-refractivity contribution in [3.63, 3.8) is 0 Å². The van der Waals surface area contributed by atoms with Crippen LogP contribution in [0.15, 0.2) is 40.6 Å². The topological polar surface area (TPSA) is 104 Å². The number of hydrogen-bond acceptors (Lipinski definition) is 7. The zero-order valence-electron chi connectivity index (χ0n) is 18.2. The number of esters is 1. The smallest absolute Gasteiger partial charge is 0.331 e. The number of ketones is 1. The van der Waals surface area contributed by atoms with Crippen LogP contribution >= 0.6 is 11.6 Å². The molecule has 1 fully saturated rings. The van der Waals surface area contributed by atoms with E-state index >= 15 is 4.39 Å². The van der Waals surface area contributed by atoms with E-state index < -0.39 is 28.9 Å². The largest absolute Gasteiger partial charge is 0.465 e. The summed E-state index contributed by atoms with van der Waals surface area (Å²) < 4.78 is 21.9. The zero-order valence-corrected chi connectivity index (χ0v) is 19.0. The predicted octanol–water partition coefficient (Wildman–Crippen LogP) is 3.21. The highest BCUT2D eigenvalue weighted by Gasteiger charge is 2.35. The second kappa shape index (κ2) is 8.29. The van der Waals surface area contributed by atoms with E-state index in [1.807, 2.05) is 12.4 Å². The first-order valence-corrected chi connectivity index (χ1v) is 11.3. The van der Waals surface area contributed by atoms with Crippen LogP contribution in [0.4, 0.5) is 10.1 Å². The number of benzene rings is 1. The van der Waals surface area contributed by atoms with Gasteiger partial charge in [0, 0.05) is 37.7 Å². The Labute approximate surface area is 198 Å². The number of hydrogen-bond donors (Lipinski definition) is 1. The summed E-state index contributed by atoms with van der Waals surface area (Å²) in [6.45, 7) is 2.62. The van der Waals surface area contributed by atoms with Crippen molar-refractivity contribution >= 4 is 39.9 Å². The molecule has 1 aromatic heterocycles. The molecule has 10 heteroatoms. The van der Waals surface area contributed by atoms with E-state index in [0.717, 1.165) is 30.1 Å². The fourth-order valence-electron chi connectivity index (χ4n) is 4.44. The molecule has 5 rings (SSSR count). The molecule has 1 N–H and O–H groups in total. The van der Waals surface area contributed by atoms with Crippen molar-refractivity contribution in [2.24, 2.45) is 5.92 Å². The number of nitrogens with one attached hydrogen (secondary N) is 1. The highest BCUT2D eigenvalue weighted by atomic mass is 35.5. The van der Waals surface area contributed by atoms with Crippen molar-refractivity contribution in [1.82, 2.24) is 9.88 Å². The SMILES string of the molecule is CCOC(=O)C(C#N)C(=O)c1cn(C2CC2)c2c(Cl)c(N3C=C4CNC=C4C3)c(F)cc2c1=O. The normalized spacial score (nSPS) is 17.5. The highest BCUT2D eigenvalue weighted by molar-refractivity contribution is 6.38. The first-order valence-electron chi connectivity index (χ1n) is 10.9. The molecule has 2 aliphatic heterocycles. The summed E-state index contributed by atoms with van der Waals surface area (Å²) >= 11 is 6.73. The number of aromatic nitrogens is 1. The van der Waals surface area contributed by atoms with Crippen LogP contribution in [-0.2, 0) is 9.53 Å². The van der Waals surface area contributed by atoms with E-state index in [2.05, 4.69) is 5.32 Å².